The molecule has 0 aromatic carbocycles. The second-order valence-electron chi connectivity index (χ2n) is 4.46. The molecule has 0 aliphatic rings. The van der Waals surface area contributed by atoms with Crippen molar-refractivity contribution in [2.45, 2.75) is 58.1 Å². The summed E-state index contributed by atoms with van der Waals surface area (Å²) in [6, 6.07) is 0. The molecule has 1 N–H and O–H groups in total. The SMILES string of the molecule is CCCCC(CC)CNCCC(C)SC. The van der Waals surface area contributed by atoms with Crippen molar-refractivity contribution in [3.63, 3.8) is 0 Å². The largest absolute Gasteiger partial charge is 0.316 e. The van der Waals surface area contributed by atoms with Gasteiger partial charge in [-0.15, -0.1) is 0 Å². The molecule has 2 heteroatoms. The molecule has 0 aromatic rings. The number of nitrogens with one attached hydrogen (secondary N) is 1. The lowest BCUT2D eigenvalue weighted by Crippen LogP contribution is -2.25. The summed E-state index contributed by atoms with van der Waals surface area (Å²) in [5.74, 6) is 0.898. The number of hydrogen-bond acceptors (Lipinski definition) is 2. The summed E-state index contributed by atoms with van der Waals surface area (Å²) < 4.78 is 0. The zero-order valence-electron chi connectivity index (χ0n) is 11.0. The molecule has 0 heterocycles. The summed E-state index contributed by atoms with van der Waals surface area (Å²) in [6.07, 6.45) is 8.94. The number of thioether (sulfide) groups is 1. The zero-order chi connectivity index (χ0) is 11.5. The van der Waals surface area contributed by atoms with E-state index in [2.05, 4.69) is 32.3 Å². The first kappa shape index (κ1) is 15.3. The first-order valence-corrected chi connectivity index (χ1v) is 7.76. The minimum atomic E-state index is 0.799. The van der Waals surface area contributed by atoms with E-state index in [4.69, 9.17) is 0 Å². The van der Waals surface area contributed by atoms with Gasteiger partial charge in [-0.1, -0.05) is 40.0 Å². The molecule has 92 valence electrons. The first-order valence-electron chi connectivity index (χ1n) is 6.48. The van der Waals surface area contributed by atoms with E-state index in [0.29, 0.717) is 0 Å². The van der Waals surface area contributed by atoms with Gasteiger partial charge in [-0.25, -0.2) is 0 Å². The monoisotopic (exact) mass is 231 g/mol. The van der Waals surface area contributed by atoms with Gasteiger partial charge in [0.1, 0.15) is 0 Å². The van der Waals surface area contributed by atoms with Crippen LogP contribution < -0.4 is 5.32 Å². The van der Waals surface area contributed by atoms with Gasteiger partial charge in [0.15, 0.2) is 0 Å². The van der Waals surface area contributed by atoms with E-state index in [9.17, 15) is 0 Å². The highest BCUT2D eigenvalue weighted by Gasteiger charge is 2.05. The van der Waals surface area contributed by atoms with Crippen LogP contribution in [0.25, 0.3) is 0 Å². The molecule has 1 nitrogen and oxygen atoms in total. The number of rotatable bonds is 10. The predicted molar refractivity (Wildman–Crippen MR) is 73.8 cm³/mol. The lowest BCUT2D eigenvalue weighted by molar-refractivity contribution is 0.418. The lowest BCUT2D eigenvalue weighted by Gasteiger charge is -2.16. The van der Waals surface area contributed by atoms with Crippen LogP contribution in [0.1, 0.15) is 52.9 Å². The fourth-order valence-electron chi connectivity index (χ4n) is 1.67. The Labute approximate surface area is 101 Å². The molecule has 0 bridgehead atoms. The lowest BCUT2D eigenvalue weighted by atomic mass is 9.99. The molecule has 0 spiro atoms. The van der Waals surface area contributed by atoms with Gasteiger partial charge in [-0.3, -0.25) is 0 Å². The normalized spacial score (nSPS) is 15.2. The summed E-state index contributed by atoms with van der Waals surface area (Å²) in [5.41, 5.74) is 0. The molecule has 0 aliphatic heterocycles. The highest BCUT2D eigenvalue weighted by molar-refractivity contribution is 7.99. The Hall–Kier alpha value is 0.310. The summed E-state index contributed by atoms with van der Waals surface area (Å²) in [6.45, 7) is 9.30. The van der Waals surface area contributed by atoms with Crippen LogP contribution >= 0.6 is 11.8 Å². The Balaban J connectivity index is 3.37. The summed E-state index contributed by atoms with van der Waals surface area (Å²) in [4.78, 5) is 0. The summed E-state index contributed by atoms with van der Waals surface area (Å²) >= 11 is 1.96. The fraction of sp³-hybridized carbons (Fsp3) is 1.00. The predicted octanol–water partition coefficient (Wildman–Crippen LogP) is 3.93. The van der Waals surface area contributed by atoms with Gasteiger partial charge in [0.25, 0.3) is 0 Å². The topological polar surface area (TPSA) is 12.0 Å². The van der Waals surface area contributed by atoms with E-state index in [1.165, 1.54) is 45.2 Å². The summed E-state index contributed by atoms with van der Waals surface area (Å²) in [7, 11) is 0. The van der Waals surface area contributed by atoms with Crippen molar-refractivity contribution in [2.24, 2.45) is 5.92 Å². The van der Waals surface area contributed by atoms with Crippen molar-refractivity contribution in [2.75, 3.05) is 19.3 Å². The van der Waals surface area contributed by atoms with E-state index < -0.39 is 0 Å². The smallest absolute Gasteiger partial charge is 0.00280 e. The van der Waals surface area contributed by atoms with Crippen LogP contribution in [0, 0.1) is 5.92 Å². The van der Waals surface area contributed by atoms with Gasteiger partial charge in [-0.2, -0.15) is 11.8 Å². The average molecular weight is 231 g/mol. The molecule has 0 aromatic heterocycles. The van der Waals surface area contributed by atoms with Gasteiger partial charge in [0, 0.05) is 5.25 Å². The standard InChI is InChI=1S/C13H29NS/c1-5-7-8-13(6-2)11-14-10-9-12(3)15-4/h12-14H,5-11H2,1-4H3. The number of hydrogen-bond donors (Lipinski definition) is 1. The van der Waals surface area contributed by atoms with Crippen molar-refractivity contribution in [1.29, 1.82) is 0 Å². The Morgan fingerprint density at radius 1 is 1.20 bits per heavy atom. The van der Waals surface area contributed by atoms with Crippen molar-refractivity contribution in [1.82, 2.24) is 5.32 Å². The molecule has 2 unspecified atom stereocenters. The van der Waals surface area contributed by atoms with Gasteiger partial charge in [-0.05, 0) is 38.1 Å². The molecular formula is C13H29NS. The summed E-state index contributed by atoms with van der Waals surface area (Å²) in [5, 5.41) is 4.40. The molecule has 0 radical (unpaired) electrons. The Bertz CT molecular complexity index is 128. The molecule has 0 rings (SSSR count). The van der Waals surface area contributed by atoms with Crippen LogP contribution in [0.4, 0.5) is 0 Å². The van der Waals surface area contributed by atoms with Crippen molar-refractivity contribution < 1.29 is 0 Å². The second-order valence-corrected chi connectivity index (χ2v) is 5.73. The number of unbranched alkanes of at least 4 members (excludes halogenated alkanes) is 1. The van der Waals surface area contributed by atoms with Crippen LogP contribution in [0.2, 0.25) is 0 Å². The van der Waals surface area contributed by atoms with E-state index in [-0.39, 0.29) is 0 Å². The van der Waals surface area contributed by atoms with E-state index in [0.717, 1.165) is 11.2 Å². The van der Waals surface area contributed by atoms with Crippen LogP contribution in [0.15, 0.2) is 0 Å². The third-order valence-corrected chi connectivity index (χ3v) is 4.15. The first-order chi connectivity index (χ1) is 7.24. The highest BCUT2D eigenvalue weighted by Crippen LogP contribution is 2.12. The second kappa shape index (κ2) is 10.8. The van der Waals surface area contributed by atoms with E-state index in [1.807, 2.05) is 11.8 Å². The van der Waals surface area contributed by atoms with E-state index in [1.54, 1.807) is 0 Å². The molecule has 0 saturated carbocycles. The van der Waals surface area contributed by atoms with Gasteiger partial charge in [0.2, 0.25) is 0 Å². The quantitative estimate of drug-likeness (QED) is 0.572. The molecule has 0 fully saturated rings. The maximum atomic E-state index is 3.60. The van der Waals surface area contributed by atoms with E-state index >= 15 is 0 Å². The van der Waals surface area contributed by atoms with Crippen LogP contribution in [0.5, 0.6) is 0 Å². The fourth-order valence-corrected chi connectivity index (χ4v) is 2.03. The van der Waals surface area contributed by atoms with Crippen LogP contribution in [0.3, 0.4) is 0 Å². The Morgan fingerprint density at radius 3 is 2.47 bits per heavy atom. The third kappa shape index (κ3) is 9.25. The van der Waals surface area contributed by atoms with Gasteiger partial charge in [0.05, 0.1) is 0 Å². The minimum absolute atomic E-state index is 0.799. The molecule has 2 atom stereocenters. The molecular weight excluding hydrogens is 202 g/mol. The van der Waals surface area contributed by atoms with Crippen molar-refractivity contribution in [3.05, 3.63) is 0 Å². The molecule has 0 aliphatic carbocycles. The Morgan fingerprint density at radius 2 is 1.93 bits per heavy atom. The van der Waals surface area contributed by atoms with Crippen molar-refractivity contribution in [3.8, 4) is 0 Å². The molecule has 0 saturated heterocycles. The zero-order valence-corrected chi connectivity index (χ0v) is 11.8. The third-order valence-electron chi connectivity index (χ3n) is 3.11. The van der Waals surface area contributed by atoms with Crippen molar-refractivity contribution >= 4 is 11.8 Å². The minimum Gasteiger partial charge on any atom is -0.316 e. The maximum absolute atomic E-state index is 3.60. The average Bonchev–Trinajstić information content (AvgIpc) is 2.27. The maximum Gasteiger partial charge on any atom is 0.00280 e. The van der Waals surface area contributed by atoms with Gasteiger partial charge >= 0.3 is 0 Å². The van der Waals surface area contributed by atoms with Gasteiger partial charge < -0.3 is 5.32 Å². The van der Waals surface area contributed by atoms with Crippen LogP contribution in [-0.4, -0.2) is 24.6 Å². The Kier molecular flexibility index (Phi) is 11.0. The molecule has 0 amide bonds. The highest BCUT2D eigenvalue weighted by atomic mass is 32.2. The molecule has 15 heavy (non-hydrogen) atoms. The van der Waals surface area contributed by atoms with Crippen LogP contribution in [-0.2, 0) is 0 Å².